The van der Waals surface area contributed by atoms with Crippen LogP contribution in [0, 0.1) is 0 Å². The lowest BCUT2D eigenvalue weighted by molar-refractivity contribution is 0.0717. The summed E-state index contributed by atoms with van der Waals surface area (Å²) in [6.45, 7) is 1.97. The number of nitrogens with zero attached hydrogens (tertiary/aromatic N) is 2. The van der Waals surface area contributed by atoms with E-state index in [-0.39, 0.29) is 18.1 Å². The van der Waals surface area contributed by atoms with Gasteiger partial charge in [-0.25, -0.2) is 0 Å². The molecule has 1 aliphatic rings. The highest BCUT2D eigenvalue weighted by molar-refractivity contribution is 5.98. The molecule has 0 aromatic carbocycles. The van der Waals surface area contributed by atoms with Crippen molar-refractivity contribution in [2.75, 3.05) is 12.8 Å². The standard InChI is InChI=1S/C13H22N4O2/c1-4-8-11(14)12(17(2)16-8)13(18)15-9-6-5-7-10(9)19-3/h9-10H,4-7,14H2,1-3H3,(H,15,18). The van der Waals surface area contributed by atoms with Crippen LogP contribution in [0.15, 0.2) is 0 Å². The van der Waals surface area contributed by atoms with Gasteiger partial charge in [0.05, 0.1) is 23.5 Å². The van der Waals surface area contributed by atoms with E-state index in [0.29, 0.717) is 11.4 Å². The molecule has 2 atom stereocenters. The highest BCUT2D eigenvalue weighted by atomic mass is 16.5. The van der Waals surface area contributed by atoms with Crippen LogP contribution in [0.3, 0.4) is 0 Å². The molecule has 2 rings (SSSR count). The fourth-order valence-corrected chi connectivity index (χ4v) is 2.74. The van der Waals surface area contributed by atoms with Gasteiger partial charge in [-0.2, -0.15) is 5.10 Å². The number of carbonyl (C=O) groups excluding carboxylic acids is 1. The van der Waals surface area contributed by atoms with Gasteiger partial charge in [-0.15, -0.1) is 0 Å². The molecule has 106 valence electrons. The van der Waals surface area contributed by atoms with Gasteiger partial charge in [0.25, 0.3) is 5.91 Å². The molecule has 6 nitrogen and oxygen atoms in total. The minimum Gasteiger partial charge on any atom is -0.395 e. The predicted molar refractivity (Wildman–Crippen MR) is 72.9 cm³/mol. The summed E-state index contributed by atoms with van der Waals surface area (Å²) in [7, 11) is 3.43. The second kappa shape index (κ2) is 5.61. The summed E-state index contributed by atoms with van der Waals surface area (Å²) in [5, 5.41) is 7.27. The molecule has 2 unspecified atom stereocenters. The van der Waals surface area contributed by atoms with Crippen LogP contribution in [0.1, 0.15) is 42.4 Å². The van der Waals surface area contributed by atoms with E-state index < -0.39 is 0 Å². The summed E-state index contributed by atoms with van der Waals surface area (Å²) in [5.41, 5.74) is 7.67. The molecule has 1 amide bonds. The summed E-state index contributed by atoms with van der Waals surface area (Å²) < 4.78 is 6.93. The molecule has 0 saturated heterocycles. The van der Waals surface area contributed by atoms with Crippen molar-refractivity contribution in [3.05, 3.63) is 11.4 Å². The molecule has 1 aliphatic carbocycles. The summed E-state index contributed by atoms with van der Waals surface area (Å²) in [5.74, 6) is -0.166. The quantitative estimate of drug-likeness (QED) is 0.847. The van der Waals surface area contributed by atoms with Gasteiger partial charge in [0.1, 0.15) is 5.69 Å². The summed E-state index contributed by atoms with van der Waals surface area (Å²) in [6.07, 6.45) is 3.83. The van der Waals surface area contributed by atoms with Crippen LogP contribution in [-0.2, 0) is 18.2 Å². The SMILES string of the molecule is CCc1nn(C)c(C(=O)NC2CCCC2OC)c1N. The summed E-state index contributed by atoms with van der Waals surface area (Å²) in [4.78, 5) is 12.3. The zero-order valence-corrected chi connectivity index (χ0v) is 11.8. The number of aryl methyl sites for hydroxylation is 2. The lowest BCUT2D eigenvalue weighted by Gasteiger charge is -2.19. The normalized spacial score (nSPS) is 22.7. The average molecular weight is 266 g/mol. The van der Waals surface area contributed by atoms with Crippen molar-refractivity contribution in [3.8, 4) is 0 Å². The van der Waals surface area contributed by atoms with E-state index >= 15 is 0 Å². The van der Waals surface area contributed by atoms with Gasteiger partial charge in [-0.05, 0) is 25.7 Å². The Kier molecular flexibility index (Phi) is 4.09. The maximum atomic E-state index is 12.3. The van der Waals surface area contributed by atoms with Gasteiger partial charge in [0.2, 0.25) is 0 Å². The Morgan fingerprint density at radius 1 is 1.58 bits per heavy atom. The molecule has 1 heterocycles. The van der Waals surface area contributed by atoms with Crippen molar-refractivity contribution in [1.29, 1.82) is 0 Å². The van der Waals surface area contributed by atoms with Gasteiger partial charge in [0, 0.05) is 14.2 Å². The first-order valence-electron chi connectivity index (χ1n) is 6.73. The number of hydrogen-bond donors (Lipinski definition) is 2. The molecule has 19 heavy (non-hydrogen) atoms. The average Bonchev–Trinajstić information content (AvgIpc) is 2.93. The van der Waals surface area contributed by atoms with Crippen molar-refractivity contribution >= 4 is 11.6 Å². The molecule has 0 bridgehead atoms. The Bertz CT molecular complexity index is 469. The number of rotatable bonds is 4. The second-order valence-corrected chi connectivity index (χ2v) is 4.97. The first-order chi connectivity index (χ1) is 9.08. The van der Waals surface area contributed by atoms with Crippen molar-refractivity contribution < 1.29 is 9.53 Å². The molecular weight excluding hydrogens is 244 g/mol. The van der Waals surface area contributed by atoms with E-state index in [1.165, 1.54) is 0 Å². The number of ether oxygens (including phenoxy) is 1. The molecule has 1 fully saturated rings. The van der Waals surface area contributed by atoms with Crippen LogP contribution in [0.2, 0.25) is 0 Å². The molecule has 0 aliphatic heterocycles. The second-order valence-electron chi connectivity index (χ2n) is 4.97. The fraction of sp³-hybridized carbons (Fsp3) is 0.692. The molecular formula is C13H22N4O2. The van der Waals surface area contributed by atoms with Crippen LogP contribution in [0.25, 0.3) is 0 Å². The Labute approximate surface area is 113 Å². The number of amides is 1. The lowest BCUT2D eigenvalue weighted by Crippen LogP contribution is -2.41. The minimum absolute atomic E-state index is 0.0666. The van der Waals surface area contributed by atoms with Gasteiger partial charge < -0.3 is 15.8 Å². The first-order valence-corrected chi connectivity index (χ1v) is 6.73. The first kappa shape index (κ1) is 13.9. The highest BCUT2D eigenvalue weighted by Gasteiger charge is 2.30. The van der Waals surface area contributed by atoms with Crippen LogP contribution in [0.4, 0.5) is 5.69 Å². The van der Waals surface area contributed by atoms with Crippen LogP contribution >= 0.6 is 0 Å². The van der Waals surface area contributed by atoms with E-state index in [9.17, 15) is 4.79 Å². The molecule has 3 N–H and O–H groups in total. The predicted octanol–water partition coefficient (Wildman–Crippen LogP) is 0.862. The Morgan fingerprint density at radius 2 is 2.32 bits per heavy atom. The molecule has 1 aromatic rings. The number of nitrogens with two attached hydrogens (primary N) is 1. The van der Waals surface area contributed by atoms with Crippen molar-refractivity contribution in [2.24, 2.45) is 7.05 Å². The summed E-state index contributed by atoms with van der Waals surface area (Å²) >= 11 is 0. The van der Waals surface area contributed by atoms with Gasteiger partial charge in [-0.3, -0.25) is 9.48 Å². The highest BCUT2D eigenvalue weighted by Crippen LogP contribution is 2.23. The van der Waals surface area contributed by atoms with Crippen LogP contribution in [0.5, 0.6) is 0 Å². The molecule has 0 spiro atoms. The Hall–Kier alpha value is -1.56. The minimum atomic E-state index is -0.166. The summed E-state index contributed by atoms with van der Waals surface area (Å²) in [6, 6.07) is 0.0666. The zero-order chi connectivity index (χ0) is 14.0. The number of aromatic nitrogens is 2. The number of carbonyl (C=O) groups is 1. The Morgan fingerprint density at radius 3 is 2.89 bits per heavy atom. The van der Waals surface area contributed by atoms with E-state index in [0.717, 1.165) is 31.4 Å². The number of nitrogen functional groups attached to an aromatic ring is 1. The number of hydrogen-bond acceptors (Lipinski definition) is 4. The van der Waals surface area contributed by atoms with E-state index in [1.807, 2.05) is 6.92 Å². The molecule has 1 aromatic heterocycles. The fourth-order valence-electron chi connectivity index (χ4n) is 2.74. The zero-order valence-electron chi connectivity index (χ0n) is 11.8. The maximum Gasteiger partial charge on any atom is 0.272 e. The van der Waals surface area contributed by atoms with Crippen molar-refractivity contribution in [2.45, 2.75) is 44.8 Å². The van der Waals surface area contributed by atoms with Crippen molar-refractivity contribution in [3.63, 3.8) is 0 Å². The topological polar surface area (TPSA) is 82.2 Å². The molecule has 0 radical (unpaired) electrons. The third kappa shape index (κ3) is 2.58. The third-order valence-electron chi connectivity index (χ3n) is 3.78. The third-order valence-corrected chi connectivity index (χ3v) is 3.78. The monoisotopic (exact) mass is 266 g/mol. The van der Waals surface area contributed by atoms with E-state index in [1.54, 1.807) is 18.8 Å². The van der Waals surface area contributed by atoms with Gasteiger partial charge in [0.15, 0.2) is 0 Å². The van der Waals surface area contributed by atoms with Gasteiger partial charge in [-0.1, -0.05) is 6.92 Å². The van der Waals surface area contributed by atoms with Gasteiger partial charge >= 0.3 is 0 Å². The Balaban J connectivity index is 2.14. The van der Waals surface area contributed by atoms with Crippen molar-refractivity contribution in [1.82, 2.24) is 15.1 Å². The molecule has 6 heteroatoms. The smallest absolute Gasteiger partial charge is 0.272 e. The number of anilines is 1. The maximum absolute atomic E-state index is 12.3. The largest absolute Gasteiger partial charge is 0.395 e. The lowest BCUT2D eigenvalue weighted by atomic mass is 10.2. The number of nitrogens with one attached hydrogen (secondary N) is 1. The number of methoxy groups -OCH3 is 1. The van der Waals surface area contributed by atoms with E-state index in [2.05, 4.69) is 10.4 Å². The van der Waals surface area contributed by atoms with Crippen LogP contribution in [-0.4, -0.2) is 34.9 Å². The van der Waals surface area contributed by atoms with E-state index in [4.69, 9.17) is 10.5 Å². The van der Waals surface area contributed by atoms with Crippen LogP contribution < -0.4 is 11.1 Å². The molecule has 1 saturated carbocycles.